The van der Waals surface area contributed by atoms with Gasteiger partial charge in [-0.15, -0.1) is 0 Å². The molecule has 2 rings (SSSR count). The topological polar surface area (TPSA) is 49.7 Å². The minimum absolute atomic E-state index is 0.0832. The Hall–Kier alpha value is 0.230. The van der Waals surface area contributed by atoms with E-state index >= 15 is 0 Å². The van der Waals surface area contributed by atoms with Crippen molar-refractivity contribution in [3.63, 3.8) is 0 Å². The summed E-state index contributed by atoms with van der Waals surface area (Å²) in [6.07, 6.45) is 2.02. The molecule has 2 fully saturated rings. The lowest BCUT2D eigenvalue weighted by Gasteiger charge is -2.52. The van der Waals surface area contributed by atoms with Gasteiger partial charge >= 0.3 is 0 Å². The number of hydrogen-bond acceptors (Lipinski definition) is 4. The average molecular weight is 204 g/mol. The summed E-state index contributed by atoms with van der Waals surface area (Å²) in [5, 5.41) is 19.6. The first-order valence-electron chi connectivity index (χ1n) is 4.71. The van der Waals surface area contributed by atoms with Crippen LogP contribution in [0, 0.1) is 5.41 Å². The maximum atomic E-state index is 10.2. The van der Waals surface area contributed by atoms with Gasteiger partial charge in [0.1, 0.15) is 5.60 Å². The number of aliphatic hydroxyl groups excluding tert-OH is 1. The first-order valence-corrected chi connectivity index (χ1v) is 5.87. The predicted octanol–water partition coefficient (Wildman–Crippen LogP) is 0.253. The maximum Gasteiger partial charge on any atom is 0.120 e. The molecule has 0 aromatic heterocycles. The third-order valence-electron chi connectivity index (χ3n) is 3.29. The van der Waals surface area contributed by atoms with Crippen molar-refractivity contribution >= 4 is 11.8 Å². The molecule has 0 radical (unpaired) electrons. The molecule has 2 heterocycles. The number of rotatable bonds is 2. The fourth-order valence-corrected chi connectivity index (χ4v) is 3.48. The van der Waals surface area contributed by atoms with Crippen LogP contribution in [0.5, 0.6) is 0 Å². The van der Waals surface area contributed by atoms with E-state index in [4.69, 9.17) is 4.74 Å². The van der Waals surface area contributed by atoms with Crippen molar-refractivity contribution in [2.75, 3.05) is 31.3 Å². The van der Waals surface area contributed by atoms with Gasteiger partial charge in [0.25, 0.3) is 0 Å². The summed E-state index contributed by atoms with van der Waals surface area (Å²) in [5.74, 6) is 2.02. The summed E-state index contributed by atoms with van der Waals surface area (Å²) in [4.78, 5) is 0. The van der Waals surface area contributed by atoms with E-state index in [2.05, 4.69) is 0 Å². The molecule has 0 spiro atoms. The number of ether oxygens (including phenoxy) is 1. The second-order valence-electron chi connectivity index (χ2n) is 4.12. The van der Waals surface area contributed by atoms with Crippen molar-refractivity contribution in [3.05, 3.63) is 0 Å². The van der Waals surface area contributed by atoms with E-state index in [0.29, 0.717) is 13.2 Å². The molecule has 0 bridgehead atoms. The molecule has 4 heteroatoms. The van der Waals surface area contributed by atoms with Crippen LogP contribution in [0.1, 0.15) is 12.8 Å². The fourth-order valence-electron chi connectivity index (χ4n) is 2.09. The molecule has 76 valence electrons. The lowest BCUT2D eigenvalue weighted by molar-refractivity contribution is -0.245. The highest BCUT2D eigenvalue weighted by Crippen LogP contribution is 2.46. The van der Waals surface area contributed by atoms with Gasteiger partial charge in [-0.3, -0.25) is 0 Å². The zero-order valence-electron chi connectivity index (χ0n) is 7.66. The van der Waals surface area contributed by atoms with Gasteiger partial charge in [-0.05, 0) is 18.6 Å². The molecule has 0 aromatic carbocycles. The van der Waals surface area contributed by atoms with Gasteiger partial charge < -0.3 is 14.9 Å². The second-order valence-corrected chi connectivity index (χ2v) is 5.22. The quantitative estimate of drug-likeness (QED) is 0.677. The Bertz CT molecular complexity index is 185. The molecule has 0 aromatic rings. The Morgan fingerprint density at radius 2 is 2.15 bits per heavy atom. The molecule has 13 heavy (non-hydrogen) atoms. The van der Waals surface area contributed by atoms with Crippen LogP contribution in [0.2, 0.25) is 0 Å². The second kappa shape index (κ2) is 3.42. The van der Waals surface area contributed by atoms with E-state index < -0.39 is 5.60 Å². The maximum absolute atomic E-state index is 10.2. The van der Waals surface area contributed by atoms with E-state index in [9.17, 15) is 10.2 Å². The Morgan fingerprint density at radius 3 is 2.54 bits per heavy atom. The molecule has 0 aliphatic carbocycles. The zero-order chi connectivity index (χ0) is 9.36. The van der Waals surface area contributed by atoms with Gasteiger partial charge in [0.2, 0.25) is 0 Å². The van der Waals surface area contributed by atoms with Crippen LogP contribution in [0.25, 0.3) is 0 Å². The van der Waals surface area contributed by atoms with E-state index in [1.807, 2.05) is 11.8 Å². The molecule has 2 aliphatic rings. The fraction of sp³-hybridized carbons (Fsp3) is 1.00. The Labute approximate surface area is 82.5 Å². The lowest BCUT2D eigenvalue weighted by Crippen LogP contribution is -2.65. The highest BCUT2D eigenvalue weighted by atomic mass is 32.2. The summed E-state index contributed by atoms with van der Waals surface area (Å²) in [6.45, 7) is 0.877. The minimum Gasteiger partial charge on any atom is -0.396 e. The smallest absolute Gasteiger partial charge is 0.120 e. The van der Waals surface area contributed by atoms with Gasteiger partial charge in [-0.1, -0.05) is 0 Å². The minimum atomic E-state index is -0.755. The molecule has 3 nitrogen and oxygen atoms in total. The largest absolute Gasteiger partial charge is 0.396 e. The summed E-state index contributed by atoms with van der Waals surface area (Å²) >= 11 is 1.83. The Kier molecular flexibility index (Phi) is 2.57. The first kappa shape index (κ1) is 9.77. The highest BCUT2D eigenvalue weighted by Gasteiger charge is 2.55. The lowest BCUT2D eigenvalue weighted by atomic mass is 9.69. The van der Waals surface area contributed by atoms with Crippen LogP contribution in [-0.2, 0) is 4.74 Å². The average Bonchev–Trinajstić information content (AvgIpc) is 2.15. The zero-order valence-corrected chi connectivity index (χ0v) is 8.48. The van der Waals surface area contributed by atoms with Crippen LogP contribution in [0.3, 0.4) is 0 Å². The van der Waals surface area contributed by atoms with Crippen LogP contribution in [-0.4, -0.2) is 47.1 Å². The van der Waals surface area contributed by atoms with Crippen molar-refractivity contribution in [2.24, 2.45) is 5.41 Å². The van der Waals surface area contributed by atoms with E-state index in [1.165, 1.54) is 0 Å². The molecule has 1 atom stereocenters. The van der Waals surface area contributed by atoms with Gasteiger partial charge in [0.05, 0.1) is 19.8 Å². The van der Waals surface area contributed by atoms with Crippen molar-refractivity contribution in [1.29, 1.82) is 0 Å². The van der Waals surface area contributed by atoms with Crippen LogP contribution >= 0.6 is 11.8 Å². The van der Waals surface area contributed by atoms with Gasteiger partial charge in [-0.25, -0.2) is 0 Å². The van der Waals surface area contributed by atoms with E-state index in [0.717, 1.165) is 24.3 Å². The molecular weight excluding hydrogens is 188 g/mol. The molecule has 2 saturated heterocycles. The summed E-state index contributed by atoms with van der Waals surface area (Å²) in [5.41, 5.74) is -1.05. The van der Waals surface area contributed by atoms with Gasteiger partial charge in [-0.2, -0.15) is 11.8 Å². The Balaban J connectivity index is 2.12. The molecule has 2 aliphatic heterocycles. The number of hydrogen-bond donors (Lipinski definition) is 2. The highest BCUT2D eigenvalue weighted by molar-refractivity contribution is 7.99. The van der Waals surface area contributed by atoms with Gasteiger partial charge in [0.15, 0.2) is 0 Å². The monoisotopic (exact) mass is 204 g/mol. The van der Waals surface area contributed by atoms with Crippen molar-refractivity contribution < 1.29 is 14.9 Å². The summed E-state index contributed by atoms with van der Waals surface area (Å²) < 4.78 is 5.05. The van der Waals surface area contributed by atoms with Crippen molar-refractivity contribution in [3.8, 4) is 0 Å². The molecule has 0 saturated carbocycles. The third kappa shape index (κ3) is 1.40. The predicted molar refractivity (Wildman–Crippen MR) is 51.8 cm³/mol. The standard InChI is InChI=1S/C9H16O3S/c10-4-8(2-1-3-13-7-8)9(11)5-12-6-9/h10-11H,1-7H2. The molecule has 2 N–H and O–H groups in total. The molecular formula is C9H16O3S. The molecule has 0 amide bonds. The summed E-state index contributed by atoms with van der Waals surface area (Å²) in [7, 11) is 0. The SMILES string of the molecule is OCC1(C2(O)COC2)CCCSC1. The summed E-state index contributed by atoms with van der Waals surface area (Å²) in [6, 6.07) is 0. The first-order chi connectivity index (χ1) is 6.22. The number of aliphatic hydroxyl groups is 2. The van der Waals surface area contributed by atoms with E-state index in [-0.39, 0.29) is 12.0 Å². The van der Waals surface area contributed by atoms with Crippen LogP contribution in [0.4, 0.5) is 0 Å². The Morgan fingerprint density at radius 1 is 1.38 bits per heavy atom. The van der Waals surface area contributed by atoms with Crippen LogP contribution in [0.15, 0.2) is 0 Å². The van der Waals surface area contributed by atoms with Crippen molar-refractivity contribution in [2.45, 2.75) is 18.4 Å². The van der Waals surface area contributed by atoms with Crippen molar-refractivity contribution in [1.82, 2.24) is 0 Å². The van der Waals surface area contributed by atoms with Gasteiger partial charge in [0, 0.05) is 11.2 Å². The number of thioether (sulfide) groups is 1. The molecule has 1 unspecified atom stereocenters. The normalized spacial score (nSPS) is 38.3. The van der Waals surface area contributed by atoms with Crippen LogP contribution < -0.4 is 0 Å². The third-order valence-corrected chi connectivity index (χ3v) is 4.63. The van der Waals surface area contributed by atoms with E-state index in [1.54, 1.807) is 0 Å².